The van der Waals surface area contributed by atoms with Gasteiger partial charge in [-0.1, -0.05) is 13.8 Å². The Balaban J connectivity index is 2.33. The molecule has 18 heavy (non-hydrogen) atoms. The minimum absolute atomic E-state index is 0.0387. The highest BCUT2D eigenvalue weighted by atomic mass is 32.2. The average Bonchev–Trinajstić information content (AvgIpc) is 3.15. The molecule has 0 unspecified atom stereocenters. The van der Waals surface area contributed by atoms with Crippen LogP contribution in [0.3, 0.4) is 0 Å². The third-order valence-electron chi connectivity index (χ3n) is 3.72. The number of nitrogens with one attached hydrogen (secondary N) is 2. The van der Waals surface area contributed by atoms with Gasteiger partial charge in [-0.25, -0.2) is 13.1 Å². The van der Waals surface area contributed by atoms with Crippen LogP contribution in [0.4, 0.5) is 0 Å². The van der Waals surface area contributed by atoms with E-state index in [1.807, 2.05) is 0 Å². The largest absolute Gasteiger partial charge is 0.313 e. The van der Waals surface area contributed by atoms with Crippen LogP contribution in [0, 0.1) is 0 Å². The molecule has 1 aliphatic carbocycles. The molecule has 6 heteroatoms. The molecule has 108 valence electrons. The van der Waals surface area contributed by atoms with Crippen LogP contribution in [0.2, 0.25) is 0 Å². The van der Waals surface area contributed by atoms with Crippen molar-refractivity contribution in [3.8, 4) is 0 Å². The highest BCUT2D eigenvalue weighted by molar-refractivity contribution is 8.00. The summed E-state index contributed by atoms with van der Waals surface area (Å²) in [7, 11) is -3.14. The standard InChI is InChI=1S/C12H26N2O2S2/c1-4-12(5-2,17-3)10-14-18(15,16)9-8-13-11-6-7-11/h11,13-14H,4-10H2,1-3H3. The lowest BCUT2D eigenvalue weighted by Crippen LogP contribution is -2.41. The van der Waals surface area contributed by atoms with E-state index in [2.05, 4.69) is 30.1 Å². The molecule has 0 amide bonds. The molecule has 0 aromatic carbocycles. The topological polar surface area (TPSA) is 58.2 Å². The molecule has 2 N–H and O–H groups in total. The van der Waals surface area contributed by atoms with Crippen LogP contribution in [0.5, 0.6) is 0 Å². The summed E-state index contributed by atoms with van der Waals surface area (Å²) in [5.41, 5.74) is 0. The summed E-state index contributed by atoms with van der Waals surface area (Å²) < 4.78 is 26.5. The van der Waals surface area contributed by atoms with Gasteiger partial charge in [-0.05, 0) is 31.9 Å². The molecule has 0 bridgehead atoms. The van der Waals surface area contributed by atoms with Gasteiger partial charge in [0.25, 0.3) is 0 Å². The zero-order valence-corrected chi connectivity index (χ0v) is 13.3. The molecule has 1 saturated carbocycles. The van der Waals surface area contributed by atoms with E-state index < -0.39 is 10.0 Å². The number of sulfonamides is 1. The van der Waals surface area contributed by atoms with Crippen LogP contribution in [0.15, 0.2) is 0 Å². The Labute approximate surface area is 116 Å². The number of rotatable bonds is 10. The maximum Gasteiger partial charge on any atom is 0.212 e. The zero-order chi connectivity index (χ0) is 13.6. The maximum atomic E-state index is 11.9. The normalized spacial score (nSPS) is 17.1. The molecule has 0 aliphatic heterocycles. The van der Waals surface area contributed by atoms with Gasteiger partial charge in [0, 0.05) is 23.9 Å². The van der Waals surface area contributed by atoms with Gasteiger partial charge in [-0.15, -0.1) is 0 Å². The highest BCUT2D eigenvalue weighted by Gasteiger charge is 2.27. The van der Waals surface area contributed by atoms with Crippen molar-refractivity contribution in [1.82, 2.24) is 10.0 Å². The van der Waals surface area contributed by atoms with Crippen molar-refractivity contribution in [2.75, 3.05) is 25.1 Å². The van der Waals surface area contributed by atoms with Gasteiger partial charge >= 0.3 is 0 Å². The quantitative estimate of drug-likeness (QED) is 0.642. The van der Waals surface area contributed by atoms with Gasteiger partial charge in [-0.2, -0.15) is 11.8 Å². The van der Waals surface area contributed by atoms with Gasteiger partial charge in [0.15, 0.2) is 0 Å². The van der Waals surface area contributed by atoms with Crippen molar-refractivity contribution in [1.29, 1.82) is 0 Å². The third kappa shape index (κ3) is 5.47. The molecule has 1 aliphatic rings. The average molecular weight is 294 g/mol. The predicted octanol–water partition coefficient (Wildman–Crippen LogP) is 1.58. The van der Waals surface area contributed by atoms with Crippen molar-refractivity contribution in [2.24, 2.45) is 0 Å². The van der Waals surface area contributed by atoms with Gasteiger partial charge in [0.1, 0.15) is 0 Å². The van der Waals surface area contributed by atoms with Crippen molar-refractivity contribution in [3.63, 3.8) is 0 Å². The van der Waals surface area contributed by atoms with E-state index in [-0.39, 0.29) is 10.5 Å². The van der Waals surface area contributed by atoms with Crippen LogP contribution in [0.25, 0.3) is 0 Å². The summed E-state index contributed by atoms with van der Waals surface area (Å²) >= 11 is 1.75. The molecule has 1 rings (SSSR count). The van der Waals surface area contributed by atoms with Gasteiger partial charge < -0.3 is 5.32 Å². The Kier molecular flexibility index (Phi) is 6.44. The van der Waals surface area contributed by atoms with E-state index in [1.54, 1.807) is 11.8 Å². The van der Waals surface area contributed by atoms with Crippen LogP contribution in [-0.2, 0) is 10.0 Å². The smallest absolute Gasteiger partial charge is 0.212 e. The van der Waals surface area contributed by atoms with Crippen molar-refractivity contribution in [3.05, 3.63) is 0 Å². The summed E-state index contributed by atoms with van der Waals surface area (Å²) in [6.07, 6.45) is 6.39. The Morgan fingerprint density at radius 1 is 1.28 bits per heavy atom. The fraction of sp³-hybridized carbons (Fsp3) is 1.00. The van der Waals surface area contributed by atoms with E-state index >= 15 is 0 Å². The monoisotopic (exact) mass is 294 g/mol. The van der Waals surface area contributed by atoms with E-state index in [0.717, 1.165) is 12.8 Å². The van der Waals surface area contributed by atoms with Crippen LogP contribution < -0.4 is 10.0 Å². The first kappa shape index (κ1) is 16.3. The van der Waals surface area contributed by atoms with E-state index in [9.17, 15) is 8.42 Å². The zero-order valence-electron chi connectivity index (χ0n) is 11.7. The molecule has 0 radical (unpaired) electrons. The van der Waals surface area contributed by atoms with E-state index in [4.69, 9.17) is 0 Å². The first-order valence-corrected chi connectivity index (χ1v) is 9.60. The first-order valence-electron chi connectivity index (χ1n) is 6.73. The Bertz CT molecular complexity index is 328. The molecule has 4 nitrogen and oxygen atoms in total. The molecule has 0 atom stereocenters. The second kappa shape index (κ2) is 7.12. The fourth-order valence-corrected chi connectivity index (χ4v) is 3.77. The molecular formula is C12H26N2O2S2. The second-order valence-corrected chi connectivity index (χ2v) is 8.16. The number of hydrogen-bond acceptors (Lipinski definition) is 4. The summed E-state index contributed by atoms with van der Waals surface area (Å²) in [5.74, 6) is 0.182. The van der Waals surface area contributed by atoms with Gasteiger partial charge in [0.05, 0.1) is 5.75 Å². The maximum absolute atomic E-state index is 11.9. The third-order valence-corrected chi connectivity index (χ3v) is 6.63. The Morgan fingerprint density at radius 2 is 1.89 bits per heavy atom. The van der Waals surface area contributed by atoms with E-state index in [0.29, 0.717) is 19.1 Å². The Morgan fingerprint density at radius 3 is 2.33 bits per heavy atom. The number of hydrogen-bond donors (Lipinski definition) is 2. The molecule has 0 spiro atoms. The minimum atomic E-state index is -3.14. The Hall–Kier alpha value is 0.220. The molecule has 0 saturated heterocycles. The van der Waals surface area contributed by atoms with Crippen LogP contribution in [0.1, 0.15) is 39.5 Å². The number of thioether (sulfide) groups is 1. The molecular weight excluding hydrogens is 268 g/mol. The van der Waals surface area contributed by atoms with Crippen molar-refractivity contribution < 1.29 is 8.42 Å². The van der Waals surface area contributed by atoms with Crippen LogP contribution >= 0.6 is 11.8 Å². The lowest BCUT2D eigenvalue weighted by atomic mass is 10.0. The summed E-state index contributed by atoms with van der Waals surface area (Å²) in [6.45, 7) is 5.32. The summed E-state index contributed by atoms with van der Waals surface area (Å²) in [4.78, 5) is 0. The predicted molar refractivity (Wildman–Crippen MR) is 79.6 cm³/mol. The van der Waals surface area contributed by atoms with Gasteiger partial charge in [-0.3, -0.25) is 0 Å². The summed E-state index contributed by atoms with van der Waals surface area (Å²) in [5, 5.41) is 3.23. The van der Waals surface area contributed by atoms with Crippen molar-refractivity contribution >= 4 is 21.8 Å². The second-order valence-electron chi connectivity index (χ2n) is 4.96. The lowest BCUT2D eigenvalue weighted by Gasteiger charge is -2.29. The van der Waals surface area contributed by atoms with Gasteiger partial charge in [0.2, 0.25) is 10.0 Å². The van der Waals surface area contributed by atoms with Crippen molar-refractivity contribution in [2.45, 2.75) is 50.3 Å². The first-order chi connectivity index (χ1) is 8.47. The van der Waals surface area contributed by atoms with E-state index in [1.165, 1.54) is 12.8 Å². The highest BCUT2D eigenvalue weighted by Crippen LogP contribution is 2.29. The fourth-order valence-electron chi connectivity index (χ4n) is 1.86. The SMILES string of the molecule is CCC(CC)(CNS(=O)(=O)CCNC1CC1)SC. The molecule has 0 aromatic rings. The lowest BCUT2D eigenvalue weighted by molar-refractivity contribution is 0.520. The van der Waals surface area contributed by atoms with Crippen LogP contribution in [-0.4, -0.2) is 44.3 Å². The minimum Gasteiger partial charge on any atom is -0.313 e. The molecule has 0 aromatic heterocycles. The molecule has 1 fully saturated rings. The summed E-state index contributed by atoms with van der Waals surface area (Å²) in [6, 6.07) is 0.566. The molecule has 0 heterocycles.